The Morgan fingerprint density at radius 3 is 2.69 bits per heavy atom. The van der Waals surface area contributed by atoms with Gasteiger partial charge in [0, 0.05) is 13.0 Å². The van der Waals surface area contributed by atoms with Crippen LogP contribution in [0.5, 0.6) is 0 Å². The van der Waals surface area contributed by atoms with E-state index in [1.807, 2.05) is 13.8 Å². The molecule has 1 aliphatic carbocycles. The van der Waals surface area contributed by atoms with E-state index in [9.17, 15) is 0 Å². The second kappa shape index (κ2) is 4.14. The molecule has 90 valence electrons. The number of aromatic nitrogens is 2. The highest BCUT2D eigenvalue weighted by molar-refractivity contribution is 5.11. The summed E-state index contributed by atoms with van der Waals surface area (Å²) in [6.07, 6.45) is 2.23. The monoisotopic (exact) mass is 225 g/mol. The van der Waals surface area contributed by atoms with E-state index in [0.29, 0.717) is 24.2 Å². The first-order chi connectivity index (χ1) is 7.58. The normalized spacial score (nSPS) is 20.1. The molecule has 1 fully saturated rings. The van der Waals surface area contributed by atoms with Gasteiger partial charge in [0.05, 0.1) is 6.61 Å². The Balaban J connectivity index is 2.24. The lowest BCUT2D eigenvalue weighted by molar-refractivity contribution is 0.112. The van der Waals surface area contributed by atoms with E-state index in [2.05, 4.69) is 10.1 Å². The zero-order chi connectivity index (χ0) is 11.8. The first-order valence-corrected chi connectivity index (χ1v) is 5.70. The summed E-state index contributed by atoms with van der Waals surface area (Å²) in [5.41, 5.74) is 5.76. The molecule has 0 aliphatic heterocycles. The summed E-state index contributed by atoms with van der Waals surface area (Å²) < 4.78 is 10.4. The Morgan fingerprint density at radius 2 is 2.25 bits per heavy atom. The van der Waals surface area contributed by atoms with E-state index in [4.69, 9.17) is 15.0 Å². The number of rotatable bonds is 5. The molecule has 1 saturated carbocycles. The van der Waals surface area contributed by atoms with Crippen LogP contribution in [0.4, 0.5) is 0 Å². The van der Waals surface area contributed by atoms with Crippen molar-refractivity contribution in [1.82, 2.24) is 10.1 Å². The molecule has 1 aromatic rings. The molecule has 1 unspecified atom stereocenters. The average Bonchev–Trinajstić information content (AvgIpc) is 2.95. The van der Waals surface area contributed by atoms with Gasteiger partial charge in [-0.2, -0.15) is 4.98 Å². The van der Waals surface area contributed by atoms with E-state index in [0.717, 1.165) is 12.8 Å². The van der Waals surface area contributed by atoms with Gasteiger partial charge in [-0.15, -0.1) is 0 Å². The minimum absolute atomic E-state index is 0.229. The van der Waals surface area contributed by atoms with Crippen LogP contribution in [0, 0.1) is 5.92 Å². The molecule has 16 heavy (non-hydrogen) atoms. The van der Waals surface area contributed by atoms with Crippen LogP contribution in [0.25, 0.3) is 0 Å². The van der Waals surface area contributed by atoms with Crippen LogP contribution in [0.15, 0.2) is 4.52 Å². The number of methoxy groups -OCH3 is 1. The third-order valence-corrected chi connectivity index (χ3v) is 3.04. The number of hydrogen-bond donors (Lipinski definition) is 1. The molecule has 2 rings (SSSR count). The highest BCUT2D eigenvalue weighted by Gasteiger charge is 2.47. The van der Waals surface area contributed by atoms with Crippen LogP contribution in [-0.2, 0) is 10.3 Å². The van der Waals surface area contributed by atoms with Gasteiger partial charge in [-0.25, -0.2) is 0 Å². The Bertz CT molecular complexity index is 360. The van der Waals surface area contributed by atoms with Gasteiger partial charge in [0.1, 0.15) is 5.54 Å². The summed E-state index contributed by atoms with van der Waals surface area (Å²) in [7, 11) is 1.65. The van der Waals surface area contributed by atoms with Gasteiger partial charge in [0.2, 0.25) is 5.89 Å². The average molecular weight is 225 g/mol. The van der Waals surface area contributed by atoms with Gasteiger partial charge in [0.15, 0.2) is 5.82 Å². The fourth-order valence-corrected chi connectivity index (χ4v) is 1.86. The summed E-state index contributed by atoms with van der Waals surface area (Å²) in [5.74, 6) is 1.87. The Morgan fingerprint density at radius 1 is 1.56 bits per heavy atom. The fraction of sp³-hybridized carbons (Fsp3) is 0.818. The minimum Gasteiger partial charge on any atom is -0.382 e. The Hall–Kier alpha value is -0.940. The Kier molecular flexibility index (Phi) is 2.99. The zero-order valence-corrected chi connectivity index (χ0v) is 10.1. The quantitative estimate of drug-likeness (QED) is 0.820. The van der Waals surface area contributed by atoms with E-state index >= 15 is 0 Å². The molecule has 1 aliphatic rings. The van der Waals surface area contributed by atoms with Crippen LogP contribution < -0.4 is 5.73 Å². The fourth-order valence-electron chi connectivity index (χ4n) is 1.86. The van der Waals surface area contributed by atoms with E-state index in [1.54, 1.807) is 7.11 Å². The van der Waals surface area contributed by atoms with Crippen LogP contribution in [-0.4, -0.2) is 23.9 Å². The van der Waals surface area contributed by atoms with Crippen molar-refractivity contribution in [3.05, 3.63) is 11.7 Å². The van der Waals surface area contributed by atoms with E-state index in [-0.39, 0.29) is 5.92 Å². The van der Waals surface area contributed by atoms with E-state index < -0.39 is 5.54 Å². The predicted molar refractivity (Wildman–Crippen MR) is 58.9 cm³/mol. The molecular formula is C11H19N3O2. The molecule has 5 nitrogen and oxygen atoms in total. The maximum atomic E-state index is 6.34. The first kappa shape index (κ1) is 11.5. The van der Waals surface area contributed by atoms with Crippen molar-refractivity contribution < 1.29 is 9.26 Å². The minimum atomic E-state index is -0.578. The highest BCUT2D eigenvalue weighted by Crippen LogP contribution is 2.43. The molecule has 5 heteroatoms. The third-order valence-electron chi connectivity index (χ3n) is 3.04. The van der Waals surface area contributed by atoms with Gasteiger partial charge in [-0.3, -0.25) is 0 Å². The lowest BCUT2D eigenvalue weighted by Gasteiger charge is -2.24. The summed E-state index contributed by atoms with van der Waals surface area (Å²) in [4.78, 5) is 4.38. The predicted octanol–water partition coefficient (Wildman–Crippen LogP) is 1.40. The molecule has 0 spiro atoms. The number of ether oxygens (including phenoxy) is 1. The first-order valence-electron chi connectivity index (χ1n) is 5.70. The van der Waals surface area contributed by atoms with Gasteiger partial charge in [0.25, 0.3) is 0 Å². The molecule has 1 aromatic heterocycles. The number of nitrogens with zero attached hydrogens (tertiary/aromatic N) is 2. The van der Waals surface area contributed by atoms with Crippen LogP contribution in [0.1, 0.15) is 44.3 Å². The smallest absolute Gasteiger partial charge is 0.229 e. The second-order valence-electron chi connectivity index (χ2n) is 4.86. The number of hydrogen-bond acceptors (Lipinski definition) is 5. The van der Waals surface area contributed by atoms with Crippen molar-refractivity contribution in [3.63, 3.8) is 0 Å². The van der Waals surface area contributed by atoms with Gasteiger partial charge in [-0.1, -0.05) is 19.0 Å². The molecular weight excluding hydrogens is 206 g/mol. The second-order valence-corrected chi connectivity index (χ2v) is 4.86. The maximum Gasteiger partial charge on any atom is 0.229 e. The van der Waals surface area contributed by atoms with Crippen molar-refractivity contribution in [2.24, 2.45) is 11.7 Å². The van der Waals surface area contributed by atoms with Crippen LogP contribution in [0.2, 0.25) is 0 Å². The van der Waals surface area contributed by atoms with Crippen molar-refractivity contribution in [2.45, 2.75) is 38.1 Å². The molecule has 0 aromatic carbocycles. The lowest BCUT2D eigenvalue weighted by atomic mass is 9.95. The molecule has 1 atom stereocenters. The van der Waals surface area contributed by atoms with Crippen molar-refractivity contribution in [3.8, 4) is 0 Å². The van der Waals surface area contributed by atoms with Crippen molar-refractivity contribution >= 4 is 0 Å². The topological polar surface area (TPSA) is 74.2 Å². The Labute approximate surface area is 95.3 Å². The highest BCUT2D eigenvalue weighted by atomic mass is 16.5. The summed E-state index contributed by atoms with van der Waals surface area (Å²) in [6.45, 7) is 4.47. The van der Waals surface area contributed by atoms with Crippen molar-refractivity contribution in [2.75, 3.05) is 13.7 Å². The molecule has 0 radical (unpaired) electrons. The standard InChI is InChI=1S/C11H19N3O2/c1-7(2)9-13-10(14-16-9)11(12,6-15-3)8-4-5-8/h7-8H,4-6,12H2,1-3H3. The lowest BCUT2D eigenvalue weighted by Crippen LogP contribution is -2.44. The summed E-state index contributed by atoms with van der Waals surface area (Å²) >= 11 is 0. The van der Waals surface area contributed by atoms with Gasteiger partial charge < -0.3 is 15.0 Å². The van der Waals surface area contributed by atoms with Crippen LogP contribution >= 0.6 is 0 Å². The number of nitrogens with two attached hydrogens (primary N) is 1. The summed E-state index contributed by atoms with van der Waals surface area (Å²) in [6, 6.07) is 0. The SMILES string of the molecule is COCC(N)(c1noc(C(C)C)n1)C1CC1. The molecule has 0 saturated heterocycles. The van der Waals surface area contributed by atoms with Gasteiger partial charge in [-0.05, 0) is 18.8 Å². The van der Waals surface area contributed by atoms with E-state index in [1.165, 1.54) is 0 Å². The summed E-state index contributed by atoms with van der Waals surface area (Å²) in [5, 5.41) is 4.00. The molecule has 1 heterocycles. The molecule has 0 bridgehead atoms. The largest absolute Gasteiger partial charge is 0.382 e. The molecule has 0 amide bonds. The maximum absolute atomic E-state index is 6.34. The van der Waals surface area contributed by atoms with Crippen LogP contribution in [0.3, 0.4) is 0 Å². The molecule has 2 N–H and O–H groups in total. The third kappa shape index (κ3) is 1.97. The van der Waals surface area contributed by atoms with Crippen molar-refractivity contribution in [1.29, 1.82) is 0 Å². The zero-order valence-electron chi connectivity index (χ0n) is 10.1. The van der Waals surface area contributed by atoms with Gasteiger partial charge >= 0.3 is 0 Å².